The molecule has 0 amide bonds. The second-order valence-electron chi connectivity index (χ2n) is 4.36. The Balaban J connectivity index is 3.04. The van der Waals surface area contributed by atoms with E-state index in [1.165, 1.54) is 13.0 Å². The molecule has 0 aromatic heterocycles. The van der Waals surface area contributed by atoms with E-state index < -0.39 is 27.8 Å². The van der Waals surface area contributed by atoms with E-state index in [0.29, 0.717) is 0 Å². The second kappa shape index (κ2) is 4.01. The highest BCUT2D eigenvalue weighted by Gasteiger charge is 2.54. The minimum absolute atomic E-state index is 0.0436. The Morgan fingerprint density at radius 2 is 1.94 bits per heavy atom. The van der Waals surface area contributed by atoms with Crippen LogP contribution in [-0.2, 0) is 14.4 Å². The van der Waals surface area contributed by atoms with Gasteiger partial charge < -0.3 is 5.11 Å². The predicted octanol–water partition coefficient (Wildman–Crippen LogP) is 1.56. The molecule has 1 fully saturated rings. The maximum atomic E-state index is 11.8. The zero-order chi connectivity index (χ0) is 12.6. The molecule has 1 N–H and O–H groups in total. The van der Waals surface area contributed by atoms with E-state index in [1.54, 1.807) is 0 Å². The fourth-order valence-electron chi connectivity index (χ4n) is 1.78. The van der Waals surface area contributed by atoms with E-state index in [-0.39, 0.29) is 19.3 Å². The van der Waals surface area contributed by atoms with Crippen LogP contribution < -0.4 is 0 Å². The van der Waals surface area contributed by atoms with Crippen molar-refractivity contribution in [2.24, 2.45) is 5.41 Å². The first-order valence-electron chi connectivity index (χ1n) is 4.86. The number of Topliss-reactive ketones (excluding diaryl/α,β-unsaturated/α-hetero) is 2. The summed E-state index contributed by atoms with van der Waals surface area (Å²) >= 11 is 5.94. The van der Waals surface area contributed by atoms with Gasteiger partial charge >= 0.3 is 5.97 Å². The van der Waals surface area contributed by atoms with Crippen molar-refractivity contribution in [3.05, 3.63) is 12.7 Å². The Labute approximate surface area is 98.3 Å². The molecule has 0 aromatic carbocycles. The maximum absolute atomic E-state index is 11.8. The van der Waals surface area contributed by atoms with Crippen LogP contribution in [0.4, 0.5) is 0 Å². The first-order chi connectivity index (χ1) is 7.26. The van der Waals surface area contributed by atoms with Crippen LogP contribution in [0, 0.1) is 5.41 Å². The van der Waals surface area contributed by atoms with Gasteiger partial charge in [0.25, 0.3) is 0 Å². The average Bonchev–Trinajstić information content (AvgIpc) is 2.15. The number of aliphatic carboxylic acids is 1. The number of alkyl halides is 1. The number of halogens is 1. The molecular weight excluding hydrogens is 232 g/mol. The molecule has 1 aliphatic rings. The largest absolute Gasteiger partial charge is 0.481 e. The highest BCUT2D eigenvalue weighted by molar-refractivity contribution is 6.48. The minimum Gasteiger partial charge on any atom is -0.481 e. The standard InChI is InChI=1S/C11H13ClO4/c1-3-4-11(12)7(13)5-10(2,9(15)16)6-8(11)14/h3H,1,4-6H2,2H3,(H,15,16). The van der Waals surface area contributed by atoms with Gasteiger partial charge in [-0.05, 0) is 13.3 Å². The molecule has 0 aliphatic heterocycles. The molecule has 0 aromatic rings. The van der Waals surface area contributed by atoms with Crippen molar-refractivity contribution < 1.29 is 19.5 Å². The zero-order valence-electron chi connectivity index (χ0n) is 8.96. The number of carboxylic acids is 1. The van der Waals surface area contributed by atoms with Gasteiger partial charge in [-0.15, -0.1) is 18.2 Å². The molecule has 0 radical (unpaired) electrons. The summed E-state index contributed by atoms with van der Waals surface area (Å²) in [7, 11) is 0. The van der Waals surface area contributed by atoms with Crippen LogP contribution in [0.15, 0.2) is 12.7 Å². The number of rotatable bonds is 3. The SMILES string of the molecule is C=CCC1(Cl)C(=O)CC(C)(C(=O)O)CC1=O. The summed E-state index contributed by atoms with van der Waals surface area (Å²) in [6.45, 7) is 4.82. The second-order valence-corrected chi connectivity index (χ2v) is 5.00. The Bertz CT molecular complexity index is 354. The number of carbonyl (C=O) groups is 3. The number of allylic oxidation sites excluding steroid dienone is 1. The highest BCUT2D eigenvalue weighted by atomic mass is 35.5. The van der Waals surface area contributed by atoms with Crippen LogP contribution in [0.3, 0.4) is 0 Å². The molecule has 1 aliphatic carbocycles. The molecule has 16 heavy (non-hydrogen) atoms. The van der Waals surface area contributed by atoms with E-state index in [4.69, 9.17) is 16.7 Å². The monoisotopic (exact) mass is 244 g/mol. The Morgan fingerprint density at radius 1 is 1.50 bits per heavy atom. The maximum Gasteiger partial charge on any atom is 0.310 e. The van der Waals surface area contributed by atoms with Crippen molar-refractivity contribution >= 4 is 29.1 Å². The van der Waals surface area contributed by atoms with Gasteiger partial charge in [-0.2, -0.15) is 0 Å². The third-order valence-corrected chi connectivity index (χ3v) is 3.50. The van der Waals surface area contributed by atoms with E-state index in [1.807, 2.05) is 0 Å². The van der Waals surface area contributed by atoms with Gasteiger partial charge in [0.2, 0.25) is 0 Å². The van der Waals surface area contributed by atoms with Gasteiger partial charge in [-0.25, -0.2) is 0 Å². The molecule has 88 valence electrons. The van der Waals surface area contributed by atoms with Gasteiger partial charge in [-0.3, -0.25) is 14.4 Å². The quantitative estimate of drug-likeness (QED) is 0.465. The number of ketones is 2. The zero-order valence-corrected chi connectivity index (χ0v) is 9.71. The smallest absolute Gasteiger partial charge is 0.310 e. The van der Waals surface area contributed by atoms with Crippen LogP contribution in [0.5, 0.6) is 0 Å². The predicted molar refractivity (Wildman–Crippen MR) is 58.4 cm³/mol. The summed E-state index contributed by atoms with van der Waals surface area (Å²) in [4.78, 5) is 32.9. The molecule has 0 atom stereocenters. The fraction of sp³-hybridized carbons (Fsp3) is 0.545. The van der Waals surface area contributed by atoms with Crippen molar-refractivity contribution in [1.29, 1.82) is 0 Å². The molecule has 0 bridgehead atoms. The number of carbonyl (C=O) groups excluding carboxylic acids is 2. The fourth-order valence-corrected chi connectivity index (χ4v) is 2.03. The summed E-state index contributed by atoms with van der Waals surface area (Å²) in [5.74, 6) is -2.21. The van der Waals surface area contributed by atoms with Crippen molar-refractivity contribution in [2.45, 2.75) is 31.1 Å². The first kappa shape index (κ1) is 12.9. The van der Waals surface area contributed by atoms with E-state index in [9.17, 15) is 14.4 Å². The van der Waals surface area contributed by atoms with Crippen molar-refractivity contribution in [2.75, 3.05) is 0 Å². The van der Waals surface area contributed by atoms with Gasteiger partial charge in [0.05, 0.1) is 5.41 Å². The van der Waals surface area contributed by atoms with Gasteiger partial charge in [0.1, 0.15) is 0 Å². The van der Waals surface area contributed by atoms with Crippen molar-refractivity contribution in [3.63, 3.8) is 0 Å². The Morgan fingerprint density at radius 3 is 2.25 bits per heavy atom. The molecule has 0 saturated heterocycles. The van der Waals surface area contributed by atoms with E-state index in [0.717, 1.165) is 0 Å². The molecule has 5 heteroatoms. The highest BCUT2D eigenvalue weighted by Crippen LogP contribution is 2.41. The van der Waals surface area contributed by atoms with Gasteiger partial charge in [0.15, 0.2) is 16.4 Å². The molecule has 1 saturated carbocycles. The summed E-state index contributed by atoms with van der Waals surface area (Å²) in [5.41, 5.74) is -1.33. The first-order valence-corrected chi connectivity index (χ1v) is 5.24. The summed E-state index contributed by atoms with van der Waals surface area (Å²) in [5, 5.41) is 8.97. The lowest BCUT2D eigenvalue weighted by Gasteiger charge is -2.35. The number of carboxylic acid groups (broad SMARTS) is 1. The third kappa shape index (κ3) is 1.89. The van der Waals surface area contributed by atoms with Crippen molar-refractivity contribution in [3.8, 4) is 0 Å². The van der Waals surface area contributed by atoms with Crippen LogP contribution >= 0.6 is 11.6 Å². The molecule has 0 heterocycles. The average molecular weight is 245 g/mol. The topological polar surface area (TPSA) is 71.4 Å². The Hall–Kier alpha value is -1.16. The van der Waals surface area contributed by atoms with Crippen LogP contribution in [0.1, 0.15) is 26.2 Å². The normalized spacial score (nSPS) is 34.9. The van der Waals surface area contributed by atoms with E-state index in [2.05, 4.69) is 6.58 Å². The van der Waals surface area contributed by atoms with Crippen molar-refractivity contribution in [1.82, 2.24) is 0 Å². The molecular formula is C11H13ClO4. The van der Waals surface area contributed by atoms with Crippen LogP contribution in [-0.4, -0.2) is 27.5 Å². The lowest BCUT2D eigenvalue weighted by Crippen LogP contribution is -2.52. The molecule has 0 spiro atoms. The van der Waals surface area contributed by atoms with Gasteiger partial charge in [-0.1, -0.05) is 6.08 Å². The number of hydrogen-bond donors (Lipinski definition) is 1. The summed E-state index contributed by atoms with van der Waals surface area (Å²) < 4.78 is 0. The number of hydrogen-bond acceptors (Lipinski definition) is 3. The molecule has 4 nitrogen and oxygen atoms in total. The Kier molecular flexibility index (Phi) is 3.24. The lowest BCUT2D eigenvalue weighted by atomic mass is 9.69. The minimum atomic E-state index is -1.60. The van der Waals surface area contributed by atoms with Crippen LogP contribution in [0.25, 0.3) is 0 Å². The third-order valence-electron chi connectivity index (χ3n) is 2.93. The lowest BCUT2D eigenvalue weighted by molar-refractivity contribution is -0.156. The summed E-state index contributed by atoms with van der Waals surface area (Å²) in [6, 6.07) is 0. The molecule has 1 rings (SSSR count). The van der Waals surface area contributed by atoms with Gasteiger partial charge in [0, 0.05) is 12.8 Å². The summed E-state index contributed by atoms with van der Waals surface area (Å²) in [6.07, 6.45) is 1.00. The van der Waals surface area contributed by atoms with E-state index >= 15 is 0 Å². The van der Waals surface area contributed by atoms with Crippen LogP contribution in [0.2, 0.25) is 0 Å². The molecule has 0 unspecified atom stereocenters.